The van der Waals surface area contributed by atoms with Crippen LogP contribution in [0.5, 0.6) is 0 Å². The Bertz CT molecular complexity index is 1400. The van der Waals surface area contributed by atoms with Gasteiger partial charge in [0.1, 0.15) is 13.2 Å². The molecule has 0 fully saturated rings. The minimum Gasteiger partial charge on any atom is -0.462 e. The number of esters is 3. The van der Waals surface area contributed by atoms with Crippen LogP contribution in [0.4, 0.5) is 0 Å². The van der Waals surface area contributed by atoms with Gasteiger partial charge in [0.05, 0.1) is 0 Å². The molecule has 0 N–H and O–H groups in total. The Morgan fingerprint density at radius 1 is 0.308 bits per heavy atom. The Morgan fingerprint density at radius 2 is 0.585 bits per heavy atom. The average Bonchev–Trinajstić information content (AvgIpc) is 3.30. The van der Waals surface area contributed by atoms with Crippen LogP contribution < -0.4 is 0 Å². The summed E-state index contributed by atoms with van der Waals surface area (Å²) in [5.74, 6) is -1.03. The Balaban J connectivity index is 4.49. The molecule has 0 heterocycles. The summed E-state index contributed by atoms with van der Waals surface area (Å²) in [6.45, 7) is 6.21. The zero-order chi connectivity index (χ0) is 47.2. The third kappa shape index (κ3) is 50.7. The van der Waals surface area contributed by atoms with Gasteiger partial charge in [0.15, 0.2) is 6.10 Å². The van der Waals surface area contributed by atoms with Crippen molar-refractivity contribution in [3.63, 3.8) is 0 Å². The first-order valence-electron chi connectivity index (χ1n) is 26.0. The van der Waals surface area contributed by atoms with Crippen molar-refractivity contribution in [2.75, 3.05) is 13.2 Å². The lowest BCUT2D eigenvalue weighted by atomic mass is 10.1. The summed E-state index contributed by atoms with van der Waals surface area (Å²) in [6.07, 6.45) is 72.0. The Labute approximate surface area is 399 Å². The molecule has 1 atom stereocenters. The third-order valence-electron chi connectivity index (χ3n) is 10.5. The fourth-order valence-corrected chi connectivity index (χ4v) is 6.66. The molecule has 0 spiro atoms. The molecule has 0 bridgehead atoms. The summed E-state index contributed by atoms with van der Waals surface area (Å²) in [5, 5.41) is 0. The van der Waals surface area contributed by atoms with Gasteiger partial charge in [-0.1, -0.05) is 206 Å². The molecular weight excluding hydrogens is 805 g/mol. The van der Waals surface area contributed by atoms with Crippen LogP contribution in [-0.4, -0.2) is 37.2 Å². The second-order valence-electron chi connectivity index (χ2n) is 16.6. The monoisotopic (exact) mass is 899 g/mol. The van der Waals surface area contributed by atoms with E-state index in [1.807, 2.05) is 12.2 Å². The van der Waals surface area contributed by atoms with Crippen molar-refractivity contribution in [1.82, 2.24) is 0 Å². The van der Waals surface area contributed by atoms with Crippen LogP contribution in [0.15, 0.2) is 122 Å². The molecule has 0 aliphatic heterocycles. The van der Waals surface area contributed by atoms with Gasteiger partial charge in [-0.15, -0.1) is 0 Å². The first kappa shape index (κ1) is 60.8. The summed E-state index contributed by atoms with van der Waals surface area (Å²) in [5.41, 5.74) is 0. The minimum absolute atomic E-state index is 0.118. The van der Waals surface area contributed by atoms with Crippen molar-refractivity contribution >= 4 is 17.9 Å². The lowest BCUT2D eigenvalue weighted by Gasteiger charge is -2.18. The van der Waals surface area contributed by atoms with Crippen molar-refractivity contribution in [2.45, 2.75) is 219 Å². The highest BCUT2D eigenvalue weighted by Crippen LogP contribution is 2.13. The molecule has 0 amide bonds. The number of unbranched alkanes of at least 4 members (excludes halogenated alkanes) is 14. The van der Waals surface area contributed by atoms with Crippen molar-refractivity contribution in [2.24, 2.45) is 0 Å². The number of carbonyl (C=O) groups is 3. The standard InChI is InChI=1S/C59H94O6/c1-4-7-10-13-16-19-22-25-27-29-30-31-33-34-37-40-43-46-49-52-58(61)64-55-56(54-63-57(60)51-48-45-42-39-36-24-21-18-15-12-9-6-3)65-59(62)53-50-47-44-41-38-35-32-28-26-23-20-17-14-11-8-5-2/h7-12,16-21,25-28,35,38,44,47,56H,4-6,13-15,22-24,29-34,36-37,39-43,45-46,48-55H2,1-3H3/b10-7-,11-8-,12-9-,19-16-,20-17-,21-18-,27-25-,28-26-,38-35-,47-44-. The molecule has 0 aromatic rings. The molecule has 0 aromatic heterocycles. The van der Waals surface area contributed by atoms with Gasteiger partial charge >= 0.3 is 17.9 Å². The largest absolute Gasteiger partial charge is 0.462 e. The van der Waals surface area contributed by atoms with E-state index in [0.717, 1.165) is 128 Å². The van der Waals surface area contributed by atoms with Crippen LogP contribution in [0.25, 0.3) is 0 Å². The van der Waals surface area contributed by atoms with E-state index in [0.29, 0.717) is 19.3 Å². The minimum atomic E-state index is -0.828. The van der Waals surface area contributed by atoms with Crippen LogP contribution in [0, 0.1) is 0 Å². The predicted molar refractivity (Wildman–Crippen MR) is 279 cm³/mol. The van der Waals surface area contributed by atoms with Crippen molar-refractivity contribution in [3.05, 3.63) is 122 Å². The smallest absolute Gasteiger partial charge is 0.306 e. The second kappa shape index (κ2) is 52.4. The summed E-state index contributed by atoms with van der Waals surface area (Å²) < 4.78 is 16.7. The van der Waals surface area contributed by atoms with Crippen LogP contribution in [-0.2, 0) is 28.6 Å². The maximum absolute atomic E-state index is 12.8. The molecule has 0 aromatic carbocycles. The summed E-state index contributed by atoms with van der Waals surface area (Å²) >= 11 is 0. The zero-order valence-corrected chi connectivity index (χ0v) is 41.7. The van der Waals surface area contributed by atoms with Gasteiger partial charge in [-0.3, -0.25) is 14.4 Å². The van der Waals surface area contributed by atoms with Gasteiger partial charge in [-0.25, -0.2) is 0 Å². The number of ether oxygens (including phenoxy) is 3. The summed E-state index contributed by atoms with van der Waals surface area (Å²) in [7, 11) is 0. The highest BCUT2D eigenvalue weighted by atomic mass is 16.6. The van der Waals surface area contributed by atoms with E-state index in [9.17, 15) is 14.4 Å². The molecule has 0 rings (SSSR count). The SMILES string of the molecule is CC/C=C\C/C=C\C/C=C\C/C=C\C/C=C\CCC(=O)OC(COC(=O)CCCCCCC/C=C\C/C=C\CC)COC(=O)CCCCCCCCCCC/C=C\C/C=C\C/C=C\CC. The maximum Gasteiger partial charge on any atom is 0.306 e. The number of hydrogen-bond acceptors (Lipinski definition) is 6. The Kier molecular flexibility index (Phi) is 49.1. The van der Waals surface area contributed by atoms with E-state index < -0.39 is 12.1 Å². The fraction of sp³-hybridized carbons (Fsp3) is 0.610. The molecule has 366 valence electrons. The van der Waals surface area contributed by atoms with Crippen LogP contribution in [0.2, 0.25) is 0 Å². The zero-order valence-electron chi connectivity index (χ0n) is 41.7. The fourth-order valence-electron chi connectivity index (χ4n) is 6.66. The van der Waals surface area contributed by atoms with Gasteiger partial charge in [-0.05, 0) is 109 Å². The molecule has 6 nitrogen and oxygen atoms in total. The van der Waals surface area contributed by atoms with Crippen LogP contribution in [0.1, 0.15) is 213 Å². The number of allylic oxidation sites excluding steroid dienone is 20. The van der Waals surface area contributed by atoms with E-state index >= 15 is 0 Å². The van der Waals surface area contributed by atoms with Crippen molar-refractivity contribution < 1.29 is 28.6 Å². The first-order chi connectivity index (χ1) is 32.0. The summed E-state index contributed by atoms with van der Waals surface area (Å²) in [4.78, 5) is 38.0. The van der Waals surface area contributed by atoms with E-state index in [2.05, 4.69) is 130 Å². The molecule has 0 saturated carbocycles. The lowest BCUT2D eigenvalue weighted by molar-refractivity contribution is -0.166. The van der Waals surface area contributed by atoms with Crippen molar-refractivity contribution in [1.29, 1.82) is 0 Å². The Morgan fingerprint density at radius 3 is 0.923 bits per heavy atom. The molecule has 1 unspecified atom stereocenters. The molecule has 6 heteroatoms. The average molecular weight is 899 g/mol. The molecule has 0 aliphatic rings. The molecule has 0 aliphatic carbocycles. The topological polar surface area (TPSA) is 78.9 Å². The normalized spacial score (nSPS) is 13.1. The van der Waals surface area contributed by atoms with Gasteiger partial charge in [0.2, 0.25) is 0 Å². The van der Waals surface area contributed by atoms with E-state index in [4.69, 9.17) is 14.2 Å². The second-order valence-corrected chi connectivity index (χ2v) is 16.6. The highest BCUT2D eigenvalue weighted by Gasteiger charge is 2.19. The van der Waals surface area contributed by atoms with E-state index in [1.165, 1.54) is 38.5 Å². The van der Waals surface area contributed by atoms with Crippen molar-refractivity contribution in [3.8, 4) is 0 Å². The number of rotatable bonds is 45. The van der Waals surface area contributed by atoms with Gasteiger partial charge in [0.25, 0.3) is 0 Å². The Hall–Kier alpha value is -4.19. The quantitative estimate of drug-likeness (QED) is 0.0262. The van der Waals surface area contributed by atoms with E-state index in [1.54, 1.807) is 0 Å². The van der Waals surface area contributed by atoms with Crippen LogP contribution >= 0.6 is 0 Å². The highest BCUT2D eigenvalue weighted by molar-refractivity contribution is 5.71. The molecule has 0 saturated heterocycles. The summed E-state index contributed by atoms with van der Waals surface area (Å²) in [6, 6.07) is 0. The maximum atomic E-state index is 12.8. The van der Waals surface area contributed by atoms with Gasteiger partial charge in [0, 0.05) is 19.3 Å². The number of carbonyl (C=O) groups excluding carboxylic acids is 3. The number of hydrogen-bond donors (Lipinski definition) is 0. The third-order valence-corrected chi connectivity index (χ3v) is 10.5. The molecule has 65 heavy (non-hydrogen) atoms. The lowest BCUT2D eigenvalue weighted by Crippen LogP contribution is -2.30. The molecular formula is C59H94O6. The van der Waals surface area contributed by atoms with Gasteiger partial charge < -0.3 is 14.2 Å². The molecule has 0 radical (unpaired) electrons. The first-order valence-corrected chi connectivity index (χ1v) is 26.0. The van der Waals surface area contributed by atoms with E-state index in [-0.39, 0.29) is 31.6 Å². The van der Waals surface area contributed by atoms with Crippen LogP contribution in [0.3, 0.4) is 0 Å². The van der Waals surface area contributed by atoms with Gasteiger partial charge in [-0.2, -0.15) is 0 Å². The predicted octanol–water partition coefficient (Wildman–Crippen LogP) is 17.3.